The lowest BCUT2D eigenvalue weighted by molar-refractivity contribution is 0.0628. The number of hydrogen-bond donors (Lipinski definition) is 0. The van der Waals surface area contributed by atoms with Crippen LogP contribution < -0.4 is 9.47 Å². The van der Waals surface area contributed by atoms with Crippen LogP contribution in [0.15, 0.2) is 42.5 Å². The van der Waals surface area contributed by atoms with E-state index in [1.807, 2.05) is 17.0 Å². The monoisotopic (exact) mass is 338 g/mol. The van der Waals surface area contributed by atoms with Crippen LogP contribution in [0.5, 0.6) is 11.5 Å². The van der Waals surface area contributed by atoms with Gasteiger partial charge in [0.15, 0.2) is 11.5 Å². The molecular weight excluding hydrogens is 316 g/mol. The van der Waals surface area contributed by atoms with E-state index in [1.165, 1.54) is 11.1 Å². The number of hydrogen-bond acceptors (Lipinski definition) is 4. The standard InChI is InChI=1S/C20H22N2O3/c1-15-2-4-16(5-3-15)13-21-8-10-22(11-9-21)20(23)17-6-7-18-19(12-17)25-14-24-18/h2-7,12H,8-11,13-14H2,1H3. The molecule has 2 heterocycles. The van der Waals surface area contributed by atoms with Gasteiger partial charge in [-0.25, -0.2) is 0 Å². The lowest BCUT2D eigenvalue weighted by Gasteiger charge is -2.34. The summed E-state index contributed by atoms with van der Waals surface area (Å²) in [6.07, 6.45) is 0. The van der Waals surface area contributed by atoms with Crippen molar-refractivity contribution >= 4 is 5.91 Å². The number of benzene rings is 2. The number of carbonyl (C=O) groups is 1. The third-order valence-corrected chi connectivity index (χ3v) is 4.81. The summed E-state index contributed by atoms with van der Waals surface area (Å²) < 4.78 is 10.7. The fourth-order valence-corrected chi connectivity index (χ4v) is 3.27. The maximum absolute atomic E-state index is 12.7. The van der Waals surface area contributed by atoms with Crippen molar-refractivity contribution in [3.8, 4) is 11.5 Å². The SMILES string of the molecule is Cc1ccc(CN2CCN(C(=O)c3ccc4c(c3)OCO4)CC2)cc1. The van der Waals surface area contributed by atoms with Gasteiger partial charge >= 0.3 is 0 Å². The van der Waals surface area contributed by atoms with Gasteiger partial charge in [-0.3, -0.25) is 9.69 Å². The van der Waals surface area contributed by atoms with E-state index in [1.54, 1.807) is 6.07 Å². The van der Waals surface area contributed by atoms with E-state index < -0.39 is 0 Å². The van der Waals surface area contributed by atoms with E-state index in [0.29, 0.717) is 17.1 Å². The summed E-state index contributed by atoms with van der Waals surface area (Å²) in [7, 11) is 0. The van der Waals surface area contributed by atoms with Crippen molar-refractivity contribution in [2.45, 2.75) is 13.5 Å². The highest BCUT2D eigenvalue weighted by atomic mass is 16.7. The van der Waals surface area contributed by atoms with Gasteiger partial charge < -0.3 is 14.4 Å². The topological polar surface area (TPSA) is 42.0 Å². The van der Waals surface area contributed by atoms with E-state index in [-0.39, 0.29) is 12.7 Å². The molecule has 2 aromatic rings. The third kappa shape index (κ3) is 3.46. The Bertz CT molecular complexity index is 765. The molecule has 130 valence electrons. The van der Waals surface area contributed by atoms with Crippen LogP contribution in [0, 0.1) is 6.92 Å². The van der Waals surface area contributed by atoms with Gasteiger partial charge in [0.25, 0.3) is 5.91 Å². The van der Waals surface area contributed by atoms with Gasteiger partial charge in [-0.05, 0) is 30.7 Å². The lowest BCUT2D eigenvalue weighted by atomic mass is 10.1. The van der Waals surface area contributed by atoms with Crippen LogP contribution in [0.3, 0.4) is 0 Å². The van der Waals surface area contributed by atoms with Crippen LogP contribution in [0.25, 0.3) is 0 Å². The van der Waals surface area contributed by atoms with E-state index >= 15 is 0 Å². The number of nitrogens with zero attached hydrogens (tertiary/aromatic N) is 2. The molecule has 1 amide bonds. The highest BCUT2D eigenvalue weighted by Gasteiger charge is 2.24. The molecule has 2 aliphatic rings. The Morgan fingerprint density at radius 3 is 2.44 bits per heavy atom. The van der Waals surface area contributed by atoms with E-state index in [4.69, 9.17) is 9.47 Å². The van der Waals surface area contributed by atoms with Crippen molar-refractivity contribution in [2.24, 2.45) is 0 Å². The number of rotatable bonds is 3. The molecule has 25 heavy (non-hydrogen) atoms. The third-order valence-electron chi connectivity index (χ3n) is 4.81. The second-order valence-corrected chi connectivity index (χ2v) is 6.62. The van der Waals surface area contributed by atoms with E-state index in [9.17, 15) is 4.79 Å². The van der Waals surface area contributed by atoms with Gasteiger partial charge in [0.05, 0.1) is 0 Å². The Morgan fingerprint density at radius 1 is 0.960 bits per heavy atom. The number of carbonyl (C=O) groups excluding carboxylic acids is 1. The molecule has 2 aromatic carbocycles. The summed E-state index contributed by atoms with van der Waals surface area (Å²) in [6, 6.07) is 14.1. The molecule has 0 unspecified atom stereocenters. The smallest absolute Gasteiger partial charge is 0.254 e. The average molecular weight is 338 g/mol. The fraction of sp³-hybridized carbons (Fsp3) is 0.350. The zero-order valence-electron chi connectivity index (χ0n) is 14.4. The zero-order valence-corrected chi connectivity index (χ0v) is 14.4. The number of ether oxygens (including phenoxy) is 2. The predicted molar refractivity (Wildman–Crippen MR) is 94.9 cm³/mol. The molecule has 0 bridgehead atoms. The Balaban J connectivity index is 1.35. The van der Waals surface area contributed by atoms with Gasteiger partial charge in [0, 0.05) is 38.3 Å². The summed E-state index contributed by atoms with van der Waals surface area (Å²) in [5.74, 6) is 1.43. The van der Waals surface area contributed by atoms with Gasteiger partial charge in [-0.1, -0.05) is 29.8 Å². The van der Waals surface area contributed by atoms with Crippen molar-refractivity contribution in [2.75, 3.05) is 33.0 Å². The zero-order chi connectivity index (χ0) is 17.2. The summed E-state index contributed by atoms with van der Waals surface area (Å²) >= 11 is 0. The lowest BCUT2D eigenvalue weighted by Crippen LogP contribution is -2.48. The number of piperazine rings is 1. The van der Waals surface area contributed by atoms with Gasteiger partial charge in [0.1, 0.15) is 0 Å². The highest BCUT2D eigenvalue weighted by molar-refractivity contribution is 5.95. The predicted octanol–water partition coefficient (Wildman–Crippen LogP) is 2.68. The van der Waals surface area contributed by atoms with Gasteiger partial charge in [0.2, 0.25) is 6.79 Å². The van der Waals surface area contributed by atoms with E-state index in [0.717, 1.165) is 32.7 Å². The molecule has 0 aromatic heterocycles. The molecule has 0 atom stereocenters. The summed E-state index contributed by atoms with van der Waals surface area (Å²) in [6.45, 7) is 6.55. The van der Waals surface area contributed by atoms with E-state index in [2.05, 4.69) is 36.1 Å². The molecule has 0 spiro atoms. The quantitative estimate of drug-likeness (QED) is 0.863. The second kappa shape index (κ2) is 6.76. The normalized spacial score (nSPS) is 16.9. The summed E-state index contributed by atoms with van der Waals surface area (Å²) in [5, 5.41) is 0. The molecular formula is C20H22N2O3. The van der Waals surface area contributed by atoms with Gasteiger partial charge in [-0.2, -0.15) is 0 Å². The van der Waals surface area contributed by atoms with Crippen molar-refractivity contribution in [1.29, 1.82) is 0 Å². The van der Waals surface area contributed by atoms with Gasteiger partial charge in [-0.15, -0.1) is 0 Å². The Hall–Kier alpha value is -2.53. The minimum absolute atomic E-state index is 0.0632. The van der Waals surface area contributed by atoms with Crippen LogP contribution in [0.4, 0.5) is 0 Å². The van der Waals surface area contributed by atoms with Crippen LogP contribution in [-0.2, 0) is 6.54 Å². The number of fused-ring (bicyclic) bond motifs is 1. The van der Waals surface area contributed by atoms with Crippen molar-refractivity contribution in [1.82, 2.24) is 9.80 Å². The molecule has 0 radical (unpaired) electrons. The first-order valence-corrected chi connectivity index (χ1v) is 8.66. The molecule has 1 saturated heterocycles. The molecule has 0 saturated carbocycles. The second-order valence-electron chi connectivity index (χ2n) is 6.62. The van der Waals surface area contributed by atoms with Crippen LogP contribution in [0.1, 0.15) is 21.5 Å². The largest absolute Gasteiger partial charge is 0.454 e. The maximum atomic E-state index is 12.7. The summed E-state index contributed by atoms with van der Waals surface area (Å²) in [4.78, 5) is 17.0. The average Bonchev–Trinajstić information content (AvgIpc) is 3.11. The van der Waals surface area contributed by atoms with Crippen molar-refractivity contribution in [3.63, 3.8) is 0 Å². The molecule has 4 rings (SSSR count). The molecule has 5 heteroatoms. The number of amides is 1. The van der Waals surface area contributed by atoms with Crippen LogP contribution in [0.2, 0.25) is 0 Å². The Morgan fingerprint density at radius 2 is 1.68 bits per heavy atom. The fourth-order valence-electron chi connectivity index (χ4n) is 3.27. The first-order chi connectivity index (χ1) is 12.2. The number of aryl methyl sites for hydroxylation is 1. The molecule has 2 aliphatic heterocycles. The first-order valence-electron chi connectivity index (χ1n) is 8.66. The van der Waals surface area contributed by atoms with Crippen LogP contribution in [-0.4, -0.2) is 48.7 Å². The maximum Gasteiger partial charge on any atom is 0.254 e. The van der Waals surface area contributed by atoms with Crippen molar-refractivity contribution in [3.05, 3.63) is 59.2 Å². The first kappa shape index (κ1) is 16.0. The molecule has 5 nitrogen and oxygen atoms in total. The summed E-state index contributed by atoms with van der Waals surface area (Å²) in [5.41, 5.74) is 3.26. The minimum Gasteiger partial charge on any atom is -0.454 e. The Labute approximate surface area is 147 Å². The minimum atomic E-state index is 0.0632. The molecule has 0 aliphatic carbocycles. The van der Waals surface area contributed by atoms with Crippen molar-refractivity contribution < 1.29 is 14.3 Å². The van der Waals surface area contributed by atoms with Crippen LogP contribution >= 0.6 is 0 Å². The highest BCUT2D eigenvalue weighted by Crippen LogP contribution is 2.32. The molecule has 1 fully saturated rings. The Kier molecular flexibility index (Phi) is 4.32. The molecule has 0 N–H and O–H groups in total.